The number of nitrogens with two attached hydrogens (primary N) is 1. The van der Waals surface area contributed by atoms with E-state index in [-0.39, 0.29) is 23.8 Å². The van der Waals surface area contributed by atoms with E-state index in [1.807, 2.05) is 20.8 Å². The summed E-state index contributed by atoms with van der Waals surface area (Å²) in [5.41, 5.74) is 5.32. The van der Waals surface area contributed by atoms with E-state index in [2.05, 4.69) is 10.1 Å². The van der Waals surface area contributed by atoms with Crippen molar-refractivity contribution in [2.75, 3.05) is 6.54 Å². The first-order valence-electron chi connectivity index (χ1n) is 6.46. The number of amides is 1. The van der Waals surface area contributed by atoms with Gasteiger partial charge in [0.15, 0.2) is 0 Å². The van der Waals surface area contributed by atoms with Crippen molar-refractivity contribution in [3.05, 3.63) is 29.8 Å². The molecule has 7 heteroatoms. The minimum Gasteiger partial charge on any atom is -0.406 e. The first-order chi connectivity index (χ1) is 9.57. The molecule has 1 amide bonds. The number of hydrogen-bond donors (Lipinski definition) is 2. The zero-order chi connectivity index (χ0) is 16.3. The van der Waals surface area contributed by atoms with Crippen molar-refractivity contribution in [2.24, 2.45) is 11.7 Å². The zero-order valence-electron chi connectivity index (χ0n) is 12.1. The summed E-state index contributed by atoms with van der Waals surface area (Å²) in [4.78, 5) is 12.1. The lowest BCUT2D eigenvalue weighted by Gasteiger charge is -2.33. The molecule has 0 aliphatic heterocycles. The third-order valence-electron chi connectivity index (χ3n) is 3.45. The van der Waals surface area contributed by atoms with Crippen molar-refractivity contribution in [3.63, 3.8) is 0 Å². The first kappa shape index (κ1) is 17.3. The Kier molecular flexibility index (Phi) is 5.22. The van der Waals surface area contributed by atoms with Crippen LogP contribution in [0.2, 0.25) is 0 Å². The van der Waals surface area contributed by atoms with Crippen LogP contribution in [0, 0.1) is 5.92 Å². The number of ether oxygens (including phenoxy) is 1. The highest BCUT2D eigenvalue weighted by Gasteiger charge is 2.31. The van der Waals surface area contributed by atoms with E-state index >= 15 is 0 Å². The summed E-state index contributed by atoms with van der Waals surface area (Å²) in [6, 6.07) is 4.73. The van der Waals surface area contributed by atoms with Gasteiger partial charge in [-0.15, -0.1) is 13.2 Å². The molecule has 1 aromatic carbocycles. The molecule has 21 heavy (non-hydrogen) atoms. The molecule has 0 radical (unpaired) electrons. The Labute approximate surface area is 121 Å². The van der Waals surface area contributed by atoms with Gasteiger partial charge in [-0.2, -0.15) is 0 Å². The highest BCUT2D eigenvalue weighted by atomic mass is 19.4. The van der Waals surface area contributed by atoms with Crippen LogP contribution >= 0.6 is 0 Å². The van der Waals surface area contributed by atoms with Crippen LogP contribution in [0.3, 0.4) is 0 Å². The molecule has 118 valence electrons. The third kappa shape index (κ3) is 4.93. The fraction of sp³-hybridized carbons (Fsp3) is 0.500. The number of rotatable bonds is 5. The molecule has 1 atom stereocenters. The average Bonchev–Trinajstić information content (AvgIpc) is 2.37. The van der Waals surface area contributed by atoms with Crippen LogP contribution in [0.25, 0.3) is 0 Å². The van der Waals surface area contributed by atoms with Crippen LogP contribution in [-0.2, 0) is 0 Å². The molecule has 4 nitrogen and oxygen atoms in total. The predicted molar refractivity (Wildman–Crippen MR) is 72.9 cm³/mol. The van der Waals surface area contributed by atoms with Crippen molar-refractivity contribution in [3.8, 4) is 5.75 Å². The van der Waals surface area contributed by atoms with E-state index in [0.717, 1.165) is 12.1 Å². The summed E-state index contributed by atoms with van der Waals surface area (Å²) in [6.45, 7) is 5.92. The Morgan fingerprint density at radius 2 is 1.81 bits per heavy atom. The van der Waals surface area contributed by atoms with Crippen LogP contribution < -0.4 is 15.8 Å². The summed E-state index contributed by atoms with van der Waals surface area (Å²) < 4.78 is 39.9. The summed E-state index contributed by atoms with van der Waals surface area (Å²) >= 11 is 0. The molecule has 0 spiro atoms. The maximum Gasteiger partial charge on any atom is 0.573 e. The Morgan fingerprint density at radius 3 is 2.19 bits per heavy atom. The number of carbonyl (C=O) groups excluding carboxylic acids is 1. The Bertz CT molecular complexity index is 486. The average molecular weight is 304 g/mol. The van der Waals surface area contributed by atoms with E-state index in [1.165, 1.54) is 12.1 Å². The number of nitrogens with one attached hydrogen (secondary N) is 1. The summed E-state index contributed by atoms with van der Waals surface area (Å²) in [7, 11) is 0. The predicted octanol–water partition coefficient (Wildman–Crippen LogP) is 2.69. The number of benzene rings is 1. The van der Waals surface area contributed by atoms with E-state index in [0.29, 0.717) is 0 Å². The lowest BCUT2D eigenvalue weighted by molar-refractivity contribution is -0.274. The van der Waals surface area contributed by atoms with Gasteiger partial charge in [-0.3, -0.25) is 4.79 Å². The van der Waals surface area contributed by atoms with Gasteiger partial charge in [0.1, 0.15) is 5.75 Å². The fourth-order valence-corrected chi connectivity index (χ4v) is 1.57. The van der Waals surface area contributed by atoms with Gasteiger partial charge in [-0.1, -0.05) is 13.8 Å². The molecule has 3 N–H and O–H groups in total. The second-order valence-corrected chi connectivity index (χ2v) is 5.30. The molecule has 1 rings (SSSR count). The molecule has 0 aromatic heterocycles. The Hall–Kier alpha value is -1.76. The number of alkyl halides is 3. The smallest absolute Gasteiger partial charge is 0.406 e. The molecule has 0 aliphatic rings. The van der Waals surface area contributed by atoms with Gasteiger partial charge >= 0.3 is 6.36 Å². The largest absolute Gasteiger partial charge is 0.573 e. The highest BCUT2D eigenvalue weighted by molar-refractivity contribution is 5.94. The maximum absolute atomic E-state index is 12.1. The fourth-order valence-electron chi connectivity index (χ4n) is 1.57. The maximum atomic E-state index is 12.1. The summed E-state index contributed by atoms with van der Waals surface area (Å²) in [6.07, 6.45) is -4.75. The molecule has 1 unspecified atom stereocenters. The first-order valence-corrected chi connectivity index (χ1v) is 6.46. The molecule has 0 bridgehead atoms. The highest BCUT2D eigenvalue weighted by Crippen LogP contribution is 2.23. The number of halogens is 3. The second-order valence-electron chi connectivity index (χ2n) is 5.30. The molecular weight excluding hydrogens is 285 g/mol. The van der Waals surface area contributed by atoms with Crippen LogP contribution in [0.5, 0.6) is 5.75 Å². The van der Waals surface area contributed by atoms with Gasteiger partial charge in [0.05, 0.1) is 5.54 Å². The third-order valence-corrected chi connectivity index (χ3v) is 3.45. The van der Waals surface area contributed by atoms with Crippen molar-refractivity contribution < 1.29 is 22.7 Å². The standard InChI is InChI=1S/C14H19F3N2O2/c1-9(2)13(3,8-18)19-12(20)10-4-6-11(7-5-10)21-14(15,16)17/h4-7,9H,8,18H2,1-3H3,(H,19,20). The van der Waals surface area contributed by atoms with Crippen LogP contribution in [0.15, 0.2) is 24.3 Å². The topological polar surface area (TPSA) is 64.3 Å². The lowest BCUT2D eigenvalue weighted by Crippen LogP contribution is -2.55. The van der Waals surface area contributed by atoms with Crippen LogP contribution in [-0.4, -0.2) is 24.4 Å². The molecule has 0 saturated heterocycles. The van der Waals surface area contributed by atoms with Gasteiger partial charge in [0, 0.05) is 12.1 Å². The molecule has 0 aliphatic carbocycles. The lowest BCUT2D eigenvalue weighted by atomic mass is 9.88. The Morgan fingerprint density at radius 1 is 1.29 bits per heavy atom. The molecular formula is C14H19F3N2O2. The normalized spacial score (nSPS) is 14.7. The number of hydrogen-bond acceptors (Lipinski definition) is 3. The monoisotopic (exact) mass is 304 g/mol. The van der Waals surface area contributed by atoms with Gasteiger partial charge in [-0.05, 0) is 37.1 Å². The van der Waals surface area contributed by atoms with E-state index in [9.17, 15) is 18.0 Å². The molecule has 0 heterocycles. The molecule has 0 fully saturated rings. The van der Waals surface area contributed by atoms with Crippen molar-refractivity contribution in [1.29, 1.82) is 0 Å². The molecule has 1 aromatic rings. The zero-order valence-corrected chi connectivity index (χ0v) is 12.1. The van der Waals surface area contributed by atoms with Crippen molar-refractivity contribution in [2.45, 2.75) is 32.7 Å². The van der Waals surface area contributed by atoms with Crippen LogP contribution in [0.4, 0.5) is 13.2 Å². The van der Waals surface area contributed by atoms with Crippen molar-refractivity contribution >= 4 is 5.91 Å². The van der Waals surface area contributed by atoms with Gasteiger partial charge in [0.2, 0.25) is 0 Å². The SMILES string of the molecule is CC(C)C(C)(CN)NC(=O)c1ccc(OC(F)(F)F)cc1. The summed E-state index contributed by atoms with van der Waals surface area (Å²) in [5.74, 6) is -0.654. The van der Waals surface area contributed by atoms with E-state index < -0.39 is 17.8 Å². The van der Waals surface area contributed by atoms with Gasteiger partial charge in [0.25, 0.3) is 5.91 Å². The van der Waals surface area contributed by atoms with Crippen LogP contribution in [0.1, 0.15) is 31.1 Å². The van der Waals surface area contributed by atoms with Crippen molar-refractivity contribution in [1.82, 2.24) is 5.32 Å². The van der Waals surface area contributed by atoms with Gasteiger partial charge < -0.3 is 15.8 Å². The number of carbonyl (C=O) groups is 1. The second kappa shape index (κ2) is 6.34. The van der Waals surface area contributed by atoms with E-state index in [1.54, 1.807) is 0 Å². The Balaban J connectivity index is 2.80. The quantitative estimate of drug-likeness (QED) is 0.879. The van der Waals surface area contributed by atoms with Gasteiger partial charge in [-0.25, -0.2) is 0 Å². The minimum absolute atomic E-state index is 0.110. The molecule has 0 saturated carbocycles. The van der Waals surface area contributed by atoms with E-state index in [4.69, 9.17) is 5.73 Å². The minimum atomic E-state index is -4.75. The summed E-state index contributed by atoms with van der Waals surface area (Å²) in [5, 5.41) is 2.80.